The number of fused-ring (bicyclic) bond motifs is 2. The number of carboxylic acid groups (broad SMARTS) is 1. The van der Waals surface area contributed by atoms with E-state index in [1.165, 1.54) is 0 Å². The summed E-state index contributed by atoms with van der Waals surface area (Å²) in [5.74, 6) is -2.03. The van der Waals surface area contributed by atoms with Gasteiger partial charge in [-0.1, -0.05) is 24.3 Å². The van der Waals surface area contributed by atoms with Crippen LogP contribution in [0.15, 0.2) is 36.4 Å². The van der Waals surface area contributed by atoms with Crippen LogP contribution >= 0.6 is 0 Å². The van der Waals surface area contributed by atoms with Gasteiger partial charge in [-0.25, -0.2) is 0 Å². The predicted molar refractivity (Wildman–Crippen MR) is 75.2 cm³/mol. The van der Waals surface area contributed by atoms with Crippen LogP contribution in [0, 0.1) is 30.6 Å². The maximum Gasteiger partial charge on any atom is 0.307 e. The Hall–Kier alpha value is -2.10. The van der Waals surface area contributed by atoms with Crippen molar-refractivity contribution in [2.75, 3.05) is 5.32 Å². The molecule has 2 aliphatic rings. The Morgan fingerprint density at radius 1 is 1.20 bits per heavy atom. The molecule has 4 nitrogen and oxygen atoms in total. The van der Waals surface area contributed by atoms with E-state index in [1.807, 2.05) is 43.3 Å². The second-order valence-electron chi connectivity index (χ2n) is 5.70. The fourth-order valence-corrected chi connectivity index (χ4v) is 3.46. The molecule has 1 saturated carbocycles. The van der Waals surface area contributed by atoms with Crippen molar-refractivity contribution in [3.8, 4) is 0 Å². The highest BCUT2D eigenvalue weighted by molar-refractivity contribution is 5.96. The normalized spacial score (nSPS) is 30.4. The maximum absolute atomic E-state index is 12.4. The summed E-state index contributed by atoms with van der Waals surface area (Å²) in [6.07, 6.45) is 4.72. The summed E-state index contributed by atoms with van der Waals surface area (Å²) < 4.78 is 0. The molecule has 1 amide bonds. The average Bonchev–Trinajstić information content (AvgIpc) is 2.98. The van der Waals surface area contributed by atoms with Crippen molar-refractivity contribution in [2.45, 2.75) is 13.3 Å². The van der Waals surface area contributed by atoms with Crippen LogP contribution in [0.1, 0.15) is 12.0 Å². The average molecular weight is 271 g/mol. The van der Waals surface area contributed by atoms with E-state index in [0.29, 0.717) is 0 Å². The molecule has 1 aromatic rings. The van der Waals surface area contributed by atoms with Gasteiger partial charge in [-0.15, -0.1) is 0 Å². The molecule has 0 spiro atoms. The Bertz CT molecular complexity index is 593. The molecule has 2 bridgehead atoms. The van der Waals surface area contributed by atoms with E-state index in [1.54, 1.807) is 0 Å². The second kappa shape index (κ2) is 4.78. The number of benzene rings is 1. The zero-order valence-corrected chi connectivity index (χ0v) is 11.2. The van der Waals surface area contributed by atoms with Crippen molar-refractivity contribution in [1.82, 2.24) is 0 Å². The summed E-state index contributed by atoms with van der Waals surface area (Å²) in [6.45, 7) is 1.95. The summed E-state index contributed by atoms with van der Waals surface area (Å²) in [5, 5.41) is 12.2. The van der Waals surface area contributed by atoms with Gasteiger partial charge < -0.3 is 10.4 Å². The number of anilines is 1. The van der Waals surface area contributed by atoms with E-state index in [0.717, 1.165) is 17.7 Å². The zero-order valence-electron chi connectivity index (χ0n) is 11.2. The molecule has 2 unspecified atom stereocenters. The van der Waals surface area contributed by atoms with Crippen molar-refractivity contribution in [3.63, 3.8) is 0 Å². The number of aryl methyl sites for hydroxylation is 1. The first-order chi connectivity index (χ1) is 9.56. The molecule has 0 aromatic heterocycles. The molecular formula is C16H17NO3. The van der Waals surface area contributed by atoms with Gasteiger partial charge in [0, 0.05) is 5.69 Å². The standard InChI is InChI=1S/C16H17NO3/c1-9-3-2-4-12(7-9)17-15(18)13-10-5-6-11(8-10)14(13)16(19)20/h2-7,10-11,13-14H,8H2,1H3,(H,17,18)(H,19,20)/t10?,11?,13-,14+/m0/s1. The van der Waals surface area contributed by atoms with Crippen LogP contribution in [-0.2, 0) is 9.59 Å². The molecule has 2 N–H and O–H groups in total. The van der Waals surface area contributed by atoms with Crippen LogP contribution in [0.3, 0.4) is 0 Å². The molecular weight excluding hydrogens is 254 g/mol. The van der Waals surface area contributed by atoms with Gasteiger partial charge in [0.2, 0.25) is 5.91 Å². The molecule has 0 heterocycles. The van der Waals surface area contributed by atoms with Crippen LogP contribution in [-0.4, -0.2) is 17.0 Å². The van der Waals surface area contributed by atoms with Gasteiger partial charge >= 0.3 is 5.97 Å². The number of nitrogens with one attached hydrogen (secondary N) is 1. The first-order valence-electron chi connectivity index (χ1n) is 6.85. The molecule has 2 aliphatic carbocycles. The Morgan fingerprint density at radius 2 is 1.90 bits per heavy atom. The zero-order chi connectivity index (χ0) is 14.3. The molecule has 104 valence electrons. The van der Waals surface area contributed by atoms with Gasteiger partial charge in [-0.2, -0.15) is 0 Å². The summed E-state index contributed by atoms with van der Waals surface area (Å²) in [7, 11) is 0. The smallest absolute Gasteiger partial charge is 0.307 e. The summed E-state index contributed by atoms with van der Waals surface area (Å²) in [5.41, 5.74) is 1.79. The number of hydrogen-bond donors (Lipinski definition) is 2. The quantitative estimate of drug-likeness (QED) is 0.830. The second-order valence-corrected chi connectivity index (χ2v) is 5.70. The van der Waals surface area contributed by atoms with Crippen LogP contribution in [0.5, 0.6) is 0 Å². The minimum Gasteiger partial charge on any atom is -0.481 e. The van der Waals surface area contributed by atoms with E-state index in [2.05, 4.69) is 5.32 Å². The number of amides is 1. The summed E-state index contributed by atoms with van der Waals surface area (Å²) in [6, 6.07) is 7.54. The number of allylic oxidation sites excluding steroid dienone is 2. The monoisotopic (exact) mass is 271 g/mol. The van der Waals surface area contributed by atoms with Gasteiger partial charge in [0.05, 0.1) is 11.8 Å². The highest BCUT2D eigenvalue weighted by Gasteiger charge is 2.51. The van der Waals surface area contributed by atoms with Gasteiger partial charge in [-0.3, -0.25) is 9.59 Å². The number of carbonyl (C=O) groups is 2. The van der Waals surface area contributed by atoms with Gasteiger partial charge in [-0.05, 0) is 42.9 Å². The molecule has 4 heteroatoms. The third kappa shape index (κ3) is 2.11. The summed E-state index contributed by atoms with van der Waals surface area (Å²) >= 11 is 0. The van der Waals surface area contributed by atoms with Crippen molar-refractivity contribution < 1.29 is 14.7 Å². The Labute approximate surface area is 117 Å². The lowest BCUT2D eigenvalue weighted by atomic mass is 9.82. The topological polar surface area (TPSA) is 66.4 Å². The molecule has 0 saturated heterocycles. The van der Waals surface area contributed by atoms with Gasteiger partial charge in [0.1, 0.15) is 0 Å². The molecule has 0 aliphatic heterocycles. The number of hydrogen-bond acceptors (Lipinski definition) is 2. The van der Waals surface area contributed by atoms with E-state index in [-0.39, 0.29) is 17.7 Å². The number of carbonyl (C=O) groups excluding carboxylic acids is 1. The van der Waals surface area contributed by atoms with E-state index in [4.69, 9.17) is 0 Å². The number of aliphatic carboxylic acids is 1. The third-order valence-electron chi connectivity index (χ3n) is 4.33. The SMILES string of the molecule is Cc1cccc(NC(=O)[C@H]2C3C=CC(C3)[C@H]2C(=O)O)c1. The van der Waals surface area contributed by atoms with E-state index >= 15 is 0 Å². The molecule has 4 atom stereocenters. The van der Waals surface area contributed by atoms with Gasteiger partial charge in [0.25, 0.3) is 0 Å². The van der Waals surface area contributed by atoms with Crippen molar-refractivity contribution in [2.24, 2.45) is 23.7 Å². The lowest BCUT2D eigenvalue weighted by Crippen LogP contribution is -2.36. The fraction of sp³-hybridized carbons (Fsp3) is 0.375. The first-order valence-corrected chi connectivity index (χ1v) is 6.85. The van der Waals surface area contributed by atoms with Crippen LogP contribution in [0.2, 0.25) is 0 Å². The lowest BCUT2D eigenvalue weighted by Gasteiger charge is -2.23. The van der Waals surface area contributed by atoms with Gasteiger partial charge in [0.15, 0.2) is 0 Å². The molecule has 1 fully saturated rings. The third-order valence-corrected chi connectivity index (χ3v) is 4.33. The molecule has 3 rings (SSSR count). The lowest BCUT2D eigenvalue weighted by molar-refractivity contribution is -0.146. The van der Waals surface area contributed by atoms with Crippen molar-refractivity contribution in [3.05, 3.63) is 42.0 Å². The molecule has 1 aromatic carbocycles. The Morgan fingerprint density at radius 3 is 2.55 bits per heavy atom. The fourth-order valence-electron chi connectivity index (χ4n) is 3.46. The van der Waals surface area contributed by atoms with Crippen LogP contribution in [0.25, 0.3) is 0 Å². The van der Waals surface area contributed by atoms with Crippen LogP contribution < -0.4 is 5.32 Å². The van der Waals surface area contributed by atoms with Crippen molar-refractivity contribution >= 4 is 17.6 Å². The molecule has 20 heavy (non-hydrogen) atoms. The predicted octanol–water partition coefficient (Wildman–Crippen LogP) is 2.46. The highest BCUT2D eigenvalue weighted by Crippen LogP contribution is 2.48. The minimum absolute atomic E-state index is 0.00533. The summed E-state index contributed by atoms with van der Waals surface area (Å²) in [4.78, 5) is 23.8. The van der Waals surface area contributed by atoms with E-state index < -0.39 is 17.8 Å². The Kier molecular flexibility index (Phi) is 3.08. The van der Waals surface area contributed by atoms with Crippen molar-refractivity contribution in [1.29, 1.82) is 0 Å². The largest absolute Gasteiger partial charge is 0.481 e. The Balaban J connectivity index is 1.80. The van der Waals surface area contributed by atoms with Crippen LogP contribution in [0.4, 0.5) is 5.69 Å². The minimum atomic E-state index is -0.869. The molecule has 0 radical (unpaired) electrons. The number of rotatable bonds is 3. The first kappa shape index (κ1) is 12.9. The highest BCUT2D eigenvalue weighted by atomic mass is 16.4. The number of carboxylic acids is 1. The maximum atomic E-state index is 12.4. The van der Waals surface area contributed by atoms with E-state index in [9.17, 15) is 14.7 Å².